The van der Waals surface area contributed by atoms with Crippen LogP contribution in [-0.2, 0) is 9.78 Å². The van der Waals surface area contributed by atoms with Gasteiger partial charge in [-0.05, 0) is 0 Å². The third kappa shape index (κ3) is 0.698. The Labute approximate surface area is 37.0 Å². The Balaban J connectivity index is 2.13. The lowest BCUT2D eigenvalue weighted by atomic mass is 10.2. The van der Waals surface area contributed by atoms with Crippen LogP contribution in [0.25, 0.3) is 0 Å². The first-order valence-electron chi connectivity index (χ1n) is 2.13. The Morgan fingerprint density at radius 3 is 1.83 bits per heavy atom. The van der Waals surface area contributed by atoms with Crippen molar-refractivity contribution in [3.63, 3.8) is 0 Å². The molecule has 0 atom stereocenters. The van der Waals surface area contributed by atoms with Crippen LogP contribution in [0.4, 0.5) is 0 Å². The largest absolute Gasteiger partial charge is 0.226 e. The Kier molecular flexibility index (Phi) is 0.821. The van der Waals surface area contributed by atoms with Crippen LogP contribution in [0.5, 0.6) is 0 Å². The van der Waals surface area contributed by atoms with Gasteiger partial charge in [-0.25, -0.2) is 0 Å². The first-order valence-corrected chi connectivity index (χ1v) is 2.13. The van der Waals surface area contributed by atoms with E-state index in [1.54, 1.807) is 0 Å². The molecule has 0 saturated carbocycles. The van der Waals surface area contributed by atoms with Gasteiger partial charge in [0.15, 0.2) is 0 Å². The molecule has 0 spiro atoms. The molecule has 6 heavy (non-hydrogen) atoms. The summed E-state index contributed by atoms with van der Waals surface area (Å²) in [6.45, 7) is 4.11. The smallest absolute Gasteiger partial charge is 0.198 e. The van der Waals surface area contributed by atoms with E-state index >= 15 is 0 Å². The Morgan fingerprint density at radius 2 is 1.83 bits per heavy atom. The van der Waals surface area contributed by atoms with E-state index in [0.717, 1.165) is 0 Å². The fourth-order valence-corrected chi connectivity index (χ4v) is 0.254. The lowest BCUT2D eigenvalue weighted by Crippen LogP contribution is -1.93. The van der Waals surface area contributed by atoms with E-state index in [4.69, 9.17) is 0 Å². The molecule has 36 valence electrons. The molecule has 1 fully saturated rings. The lowest BCUT2D eigenvalue weighted by Gasteiger charge is -1.85. The number of hydrogen-bond donors (Lipinski definition) is 0. The zero-order chi connectivity index (χ0) is 4.57. The van der Waals surface area contributed by atoms with Gasteiger partial charge >= 0.3 is 0 Å². The number of rotatable bonds is 1. The summed E-state index contributed by atoms with van der Waals surface area (Å²) in [6, 6.07) is 0. The summed E-state index contributed by atoms with van der Waals surface area (Å²) in [5.41, 5.74) is 0. The maximum atomic E-state index is 4.47. The van der Waals surface area contributed by atoms with Crippen LogP contribution < -0.4 is 0 Å². The molecule has 0 N–H and O–H groups in total. The highest BCUT2D eigenvalue weighted by Crippen LogP contribution is 2.20. The van der Waals surface area contributed by atoms with Crippen molar-refractivity contribution >= 4 is 0 Å². The zero-order valence-corrected chi connectivity index (χ0v) is 3.97. The van der Waals surface area contributed by atoms with E-state index in [1.165, 1.54) is 0 Å². The molecule has 0 aromatic heterocycles. The quantitative estimate of drug-likeness (QED) is 0.352. The molecular formula is C4H8O2. The Morgan fingerprint density at radius 1 is 1.33 bits per heavy atom. The highest BCUT2D eigenvalue weighted by molar-refractivity contribution is 4.50. The van der Waals surface area contributed by atoms with Crippen LogP contribution in [0, 0.1) is 5.92 Å². The molecule has 1 aliphatic heterocycles. The van der Waals surface area contributed by atoms with Gasteiger partial charge in [-0.3, -0.25) is 0 Å². The minimum atomic E-state index is 0.102. The molecule has 0 aromatic rings. The molecule has 1 heterocycles. The van der Waals surface area contributed by atoms with Gasteiger partial charge in [-0.2, -0.15) is 9.78 Å². The van der Waals surface area contributed by atoms with Gasteiger partial charge in [0.1, 0.15) is 0 Å². The van der Waals surface area contributed by atoms with Gasteiger partial charge in [0, 0.05) is 5.92 Å². The van der Waals surface area contributed by atoms with Crippen molar-refractivity contribution in [1.82, 2.24) is 0 Å². The van der Waals surface area contributed by atoms with Crippen LogP contribution in [0.1, 0.15) is 13.8 Å². The van der Waals surface area contributed by atoms with E-state index < -0.39 is 0 Å². The van der Waals surface area contributed by atoms with E-state index in [9.17, 15) is 0 Å². The van der Waals surface area contributed by atoms with Gasteiger partial charge in [0.05, 0.1) is 0 Å². The van der Waals surface area contributed by atoms with Gasteiger partial charge in [-0.1, -0.05) is 13.8 Å². The van der Waals surface area contributed by atoms with Gasteiger partial charge in [0.25, 0.3) is 0 Å². The molecule has 2 nitrogen and oxygen atoms in total. The summed E-state index contributed by atoms with van der Waals surface area (Å²) < 4.78 is 0. The Bertz CT molecular complexity index is 47.5. The average Bonchev–Trinajstić information content (AvgIpc) is 2.06. The molecule has 0 radical (unpaired) electrons. The fraction of sp³-hybridized carbons (Fsp3) is 1.00. The van der Waals surface area contributed by atoms with Crippen LogP contribution in [0.2, 0.25) is 0 Å². The topological polar surface area (TPSA) is 25.1 Å². The summed E-state index contributed by atoms with van der Waals surface area (Å²) in [7, 11) is 0. The SMILES string of the molecule is CC(C)C1OO1. The van der Waals surface area contributed by atoms with Crippen molar-refractivity contribution in [1.29, 1.82) is 0 Å². The zero-order valence-electron chi connectivity index (χ0n) is 3.97. The van der Waals surface area contributed by atoms with E-state index in [0.29, 0.717) is 5.92 Å². The third-order valence-electron chi connectivity index (χ3n) is 0.752. The second-order valence-corrected chi connectivity index (χ2v) is 1.80. The highest BCUT2D eigenvalue weighted by Gasteiger charge is 2.28. The van der Waals surface area contributed by atoms with Crippen molar-refractivity contribution in [3.05, 3.63) is 0 Å². The monoisotopic (exact) mass is 88.1 g/mol. The molecule has 1 rings (SSSR count). The molecule has 0 unspecified atom stereocenters. The summed E-state index contributed by atoms with van der Waals surface area (Å²) in [4.78, 5) is 8.94. The van der Waals surface area contributed by atoms with Gasteiger partial charge in [0.2, 0.25) is 6.29 Å². The van der Waals surface area contributed by atoms with E-state index in [2.05, 4.69) is 23.6 Å². The second kappa shape index (κ2) is 1.21. The maximum Gasteiger partial charge on any atom is 0.226 e. The van der Waals surface area contributed by atoms with Crippen molar-refractivity contribution in [2.24, 2.45) is 5.92 Å². The van der Waals surface area contributed by atoms with Crippen LogP contribution in [0.3, 0.4) is 0 Å². The predicted octanol–water partition coefficient (Wildman–Crippen LogP) is 0.930. The summed E-state index contributed by atoms with van der Waals surface area (Å²) in [6.07, 6.45) is 0.102. The van der Waals surface area contributed by atoms with E-state index in [-0.39, 0.29) is 6.29 Å². The molecule has 0 aliphatic carbocycles. The molecule has 1 saturated heterocycles. The first-order chi connectivity index (χ1) is 2.80. The molecule has 0 aromatic carbocycles. The molecule has 0 bridgehead atoms. The maximum absolute atomic E-state index is 4.47. The molecule has 0 amide bonds. The minimum Gasteiger partial charge on any atom is -0.198 e. The van der Waals surface area contributed by atoms with E-state index in [1.807, 2.05) is 0 Å². The van der Waals surface area contributed by atoms with Crippen LogP contribution in [0.15, 0.2) is 0 Å². The lowest BCUT2D eigenvalue weighted by molar-refractivity contribution is 0.0850. The summed E-state index contributed by atoms with van der Waals surface area (Å²) in [5.74, 6) is 0.519. The fourth-order valence-electron chi connectivity index (χ4n) is 0.254. The first kappa shape index (κ1) is 4.09. The normalized spacial score (nSPS) is 22.5. The average molecular weight is 88.1 g/mol. The highest BCUT2D eigenvalue weighted by atomic mass is 17.4. The van der Waals surface area contributed by atoms with Crippen molar-refractivity contribution in [2.75, 3.05) is 0 Å². The number of hydrogen-bond acceptors (Lipinski definition) is 2. The third-order valence-corrected chi connectivity index (χ3v) is 0.752. The molecular weight excluding hydrogens is 80.0 g/mol. The van der Waals surface area contributed by atoms with Crippen molar-refractivity contribution < 1.29 is 9.78 Å². The molecule has 1 aliphatic rings. The summed E-state index contributed by atoms with van der Waals surface area (Å²) >= 11 is 0. The van der Waals surface area contributed by atoms with Gasteiger partial charge in [-0.15, -0.1) is 0 Å². The van der Waals surface area contributed by atoms with Crippen LogP contribution >= 0.6 is 0 Å². The van der Waals surface area contributed by atoms with Gasteiger partial charge < -0.3 is 0 Å². The van der Waals surface area contributed by atoms with Crippen LogP contribution in [-0.4, -0.2) is 6.29 Å². The van der Waals surface area contributed by atoms with Crippen molar-refractivity contribution in [2.45, 2.75) is 20.1 Å². The van der Waals surface area contributed by atoms with Crippen molar-refractivity contribution in [3.8, 4) is 0 Å². The standard InChI is InChI=1S/C4H8O2/c1-3(2)4-5-6-4/h3-4H,1-2H3. The Hall–Kier alpha value is -0.0800. The molecule has 2 heteroatoms. The predicted molar refractivity (Wildman–Crippen MR) is 20.8 cm³/mol. The second-order valence-electron chi connectivity index (χ2n) is 1.80. The summed E-state index contributed by atoms with van der Waals surface area (Å²) in [5, 5.41) is 0. The minimum absolute atomic E-state index is 0.102.